The number of benzene rings is 1. The van der Waals surface area contributed by atoms with Crippen LogP contribution in [0.2, 0.25) is 0 Å². The number of aromatic nitrogens is 1. The van der Waals surface area contributed by atoms with Gasteiger partial charge >= 0.3 is 0 Å². The number of carbonyl (C=O) groups excluding carboxylic acids is 2. The van der Waals surface area contributed by atoms with E-state index in [9.17, 15) is 9.59 Å². The van der Waals surface area contributed by atoms with Gasteiger partial charge in [0.1, 0.15) is 12.0 Å². The van der Waals surface area contributed by atoms with Crippen molar-refractivity contribution in [3.63, 3.8) is 0 Å². The summed E-state index contributed by atoms with van der Waals surface area (Å²) >= 11 is 0. The molecular weight excluding hydrogens is 240 g/mol. The van der Waals surface area contributed by atoms with Gasteiger partial charge in [-0.3, -0.25) is 9.59 Å². The van der Waals surface area contributed by atoms with E-state index in [1.54, 1.807) is 28.8 Å². The predicted molar refractivity (Wildman–Crippen MR) is 74.9 cm³/mol. The fourth-order valence-corrected chi connectivity index (χ4v) is 1.76. The van der Waals surface area contributed by atoms with Crippen LogP contribution in [0.4, 0.5) is 5.69 Å². The van der Waals surface area contributed by atoms with E-state index in [0.29, 0.717) is 11.4 Å². The van der Waals surface area contributed by atoms with Crippen molar-refractivity contribution in [1.29, 1.82) is 0 Å². The van der Waals surface area contributed by atoms with Gasteiger partial charge in [0.25, 0.3) is 5.91 Å². The number of aryl methyl sites for hydroxylation is 1. The van der Waals surface area contributed by atoms with E-state index in [-0.39, 0.29) is 5.91 Å². The number of amides is 1. The number of rotatable bonds is 4. The SMILES string of the molecule is Cn1cccc1C(=O)Nc1cccc(/C=C/C=O)c1. The van der Waals surface area contributed by atoms with Crippen molar-refractivity contribution in [3.8, 4) is 0 Å². The second-order valence-electron chi connectivity index (χ2n) is 4.08. The predicted octanol–water partition coefficient (Wildman–Crippen LogP) is 2.49. The minimum Gasteiger partial charge on any atom is -0.347 e. The molecule has 0 spiro atoms. The Labute approximate surface area is 111 Å². The molecule has 2 rings (SSSR count). The second kappa shape index (κ2) is 5.82. The van der Waals surface area contributed by atoms with Gasteiger partial charge < -0.3 is 9.88 Å². The average Bonchev–Trinajstić information content (AvgIpc) is 2.83. The number of allylic oxidation sites excluding steroid dienone is 1. The number of hydrogen-bond acceptors (Lipinski definition) is 2. The summed E-state index contributed by atoms with van der Waals surface area (Å²) in [6, 6.07) is 10.9. The number of nitrogens with zero attached hydrogens (tertiary/aromatic N) is 1. The van der Waals surface area contributed by atoms with Crippen molar-refractivity contribution in [2.75, 3.05) is 5.32 Å². The van der Waals surface area contributed by atoms with Gasteiger partial charge in [0.15, 0.2) is 0 Å². The van der Waals surface area contributed by atoms with Crippen LogP contribution in [0.5, 0.6) is 0 Å². The molecule has 0 aliphatic heterocycles. The first kappa shape index (κ1) is 12.8. The molecule has 0 aliphatic carbocycles. The molecule has 0 saturated carbocycles. The number of aldehydes is 1. The zero-order chi connectivity index (χ0) is 13.7. The van der Waals surface area contributed by atoms with Crippen LogP contribution in [-0.4, -0.2) is 16.8 Å². The van der Waals surface area contributed by atoms with E-state index >= 15 is 0 Å². The fraction of sp³-hybridized carbons (Fsp3) is 0.0667. The van der Waals surface area contributed by atoms with E-state index in [4.69, 9.17) is 0 Å². The van der Waals surface area contributed by atoms with Crippen LogP contribution in [-0.2, 0) is 11.8 Å². The van der Waals surface area contributed by atoms with E-state index in [1.165, 1.54) is 6.08 Å². The maximum absolute atomic E-state index is 12.0. The van der Waals surface area contributed by atoms with Crippen LogP contribution in [0.25, 0.3) is 6.08 Å². The zero-order valence-electron chi connectivity index (χ0n) is 10.5. The molecule has 1 aromatic heterocycles. The fourth-order valence-electron chi connectivity index (χ4n) is 1.76. The second-order valence-corrected chi connectivity index (χ2v) is 4.08. The molecule has 1 amide bonds. The van der Waals surface area contributed by atoms with Crippen molar-refractivity contribution >= 4 is 24.0 Å². The van der Waals surface area contributed by atoms with Crippen molar-refractivity contribution < 1.29 is 9.59 Å². The van der Waals surface area contributed by atoms with E-state index in [2.05, 4.69) is 5.32 Å². The first-order valence-electron chi connectivity index (χ1n) is 5.85. The average molecular weight is 254 g/mol. The summed E-state index contributed by atoms with van der Waals surface area (Å²) in [5.41, 5.74) is 2.14. The Morgan fingerprint density at radius 1 is 1.26 bits per heavy atom. The highest BCUT2D eigenvalue weighted by Crippen LogP contribution is 2.13. The molecule has 0 radical (unpaired) electrons. The maximum Gasteiger partial charge on any atom is 0.272 e. The number of anilines is 1. The molecule has 0 aliphatic rings. The molecule has 19 heavy (non-hydrogen) atoms. The highest BCUT2D eigenvalue weighted by atomic mass is 16.2. The lowest BCUT2D eigenvalue weighted by Gasteiger charge is -2.06. The third-order valence-electron chi connectivity index (χ3n) is 2.69. The lowest BCUT2D eigenvalue weighted by molar-refractivity contribution is -0.104. The maximum atomic E-state index is 12.0. The molecule has 96 valence electrons. The van der Waals surface area contributed by atoms with Crippen molar-refractivity contribution in [3.05, 3.63) is 59.9 Å². The summed E-state index contributed by atoms with van der Waals surface area (Å²) in [6.45, 7) is 0. The van der Waals surface area contributed by atoms with Crippen LogP contribution >= 0.6 is 0 Å². The van der Waals surface area contributed by atoms with Gasteiger partial charge in [0.2, 0.25) is 0 Å². The van der Waals surface area contributed by atoms with Crippen LogP contribution in [0.15, 0.2) is 48.7 Å². The van der Waals surface area contributed by atoms with E-state index < -0.39 is 0 Å². The summed E-state index contributed by atoms with van der Waals surface area (Å²) in [5.74, 6) is -0.163. The first-order chi connectivity index (χ1) is 9.20. The van der Waals surface area contributed by atoms with Gasteiger partial charge in [-0.25, -0.2) is 0 Å². The molecule has 4 nitrogen and oxygen atoms in total. The van der Waals surface area contributed by atoms with Gasteiger partial charge in [-0.1, -0.05) is 18.2 Å². The Kier molecular flexibility index (Phi) is 3.93. The standard InChI is InChI=1S/C15H14N2O2/c1-17-9-3-8-14(17)15(19)16-13-7-2-5-12(11-13)6-4-10-18/h2-11H,1H3,(H,16,19)/b6-4+. The Bertz CT molecular complexity index is 627. The minimum absolute atomic E-state index is 0.163. The topological polar surface area (TPSA) is 51.1 Å². The minimum atomic E-state index is -0.163. The van der Waals surface area contributed by atoms with Crippen LogP contribution in [0.1, 0.15) is 16.1 Å². The van der Waals surface area contributed by atoms with Crippen LogP contribution in [0, 0.1) is 0 Å². The van der Waals surface area contributed by atoms with Crippen molar-refractivity contribution in [2.45, 2.75) is 0 Å². The third kappa shape index (κ3) is 3.19. The van der Waals surface area contributed by atoms with Gasteiger partial charge in [-0.05, 0) is 35.9 Å². The first-order valence-corrected chi connectivity index (χ1v) is 5.85. The zero-order valence-corrected chi connectivity index (χ0v) is 10.5. The van der Waals surface area contributed by atoms with Gasteiger partial charge in [-0.2, -0.15) is 0 Å². The monoisotopic (exact) mass is 254 g/mol. The van der Waals surface area contributed by atoms with E-state index in [1.807, 2.05) is 31.4 Å². The molecule has 2 aromatic rings. The van der Waals surface area contributed by atoms with Crippen LogP contribution in [0.3, 0.4) is 0 Å². The van der Waals surface area contributed by atoms with Gasteiger partial charge in [-0.15, -0.1) is 0 Å². The highest BCUT2D eigenvalue weighted by Gasteiger charge is 2.08. The molecule has 0 atom stereocenters. The normalized spacial score (nSPS) is 10.6. The summed E-state index contributed by atoms with van der Waals surface area (Å²) in [6.07, 6.45) is 5.64. The third-order valence-corrected chi connectivity index (χ3v) is 2.69. The Morgan fingerprint density at radius 2 is 2.11 bits per heavy atom. The Hall–Kier alpha value is -2.62. The molecule has 0 saturated heterocycles. The Balaban J connectivity index is 2.15. The summed E-state index contributed by atoms with van der Waals surface area (Å²) in [4.78, 5) is 22.3. The quantitative estimate of drug-likeness (QED) is 0.673. The lowest BCUT2D eigenvalue weighted by atomic mass is 10.2. The molecular formula is C15H14N2O2. The largest absolute Gasteiger partial charge is 0.347 e. The number of nitrogens with one attached hydrogen (secondary N) is 1. The highest BCUT2D eigenvalue weighted by molar-refractivity contribution is 6.03. The van der Waals surface area contributed by atoms with Crippen molar-refractivity contribution in [1.82, 2.24) is 4.57 Å². The van der Waals surface area contributed by atoms with Crippen molar-refractivity contribution in [2.24, 2.45) is 7.05 Å². The molecule has 4 heteroatoms. The van der Waals surface area contributed by atoms with Gasteiger partial charge in [0.05, 0.1) is 0 Å². The molecule has 1 heterocycles. The summed E-state index contributed by atoms with van der Waals surface area (Å²) in [5, 5.41) is 2.82. The number of hydrogen-bond donors (Lipinski definition) is 1. The van der Waals surface area contributed by atoms with Crippen LogP contribution < -0.4 is 5.32 Å². The molecule has 0 fully saturated rings. The molecule has 0 unspecified atom stereocenters. The summed E-state index contributed by atoms with van der Waals surface area (Å²) < 4.78 is 1.76. The van der Waals surface area contributed by atoms with Gasteiger partial charge in [0, 0.05) is 18.9 Å². The lowest BCUT2D eigenvalue weighted by Crippen LogP contribution is -2.15. The number of carbonyl (C=O) groups is 2. The summed E-state index contributed by atoms with van der Waals surface area (Å²) in [7, 11) is 1.82. The smallest absolute Gasteiger partial charge is 0.272 e. The van der Waals surface area contributed by atoms with E-state index in [0.717, 1.165) is 11.8 Å². The molecule has 0 bridgehead atoms. The molecule has 1 aromatic carbocycles. The Morgan fingerprint density at radius 3 is 2.79 bits per heavy atom. The molecule has 1 N–H and O–H groups in total.